The molecule has 1 amide bonds. The van der Waals surface area contributed by atoms with E-state index in [-0.39, 0.29) is 36.1 Å². The molecule has 0 saturated carbocycles. The molecule has 5 rings (SSSR count). The van der Waals surface area contributed by atoms with E-state index in [2.05, 4.69) is 15.2 Å². The summed E-state index contributed by atoms with van der Waals surface area (Å²) in [4.78, 5) is 47.5. The van der Waals surface area contributed by atoms with Crippen molar-refractivity contribution < 1.29 is 23.8 Å². The highest BCUT2D eigenvalue weighted by Gasteiger charge is 2.28. The first-order valence-corrected chi connectivity index (χ1v) is 11.8. The molecule has 0 atom stereocenters. The number of carbonyl (C=O) groups is 2. The zero-order valence-corrected chi connectivity index (χ0v) is 19.9. The number of methoxy groups -OCH3 is 1. The lowest BCUT2D eigenvalue weighted by molar-refractivity contribution is -0.118. The molecule has 11 heteroatoms. The minimum absolute atomic E-state index is 0.0696. The number of benzene rings is 1. The summed E-state index contributed by atoms with van der Waals surface area (Å²) in [5, 5.41) is 3.05. The van der Waals surface area contributed by atoms with Crippen LogP contribution in [-0.4, -0.2) is 74.3 Å². The van der Waals surface area contributed by atoms with E-state index in [4.69, 9.17) is 14.2 Å². The fourth-order valence-corrected chi connectivity index (χ4v) is 4.34. The summed E-state index contributed by atoms with van der Waals surface area (Å²) in [5.74, 6) is -1.16. The van der Waals surface area contributed by atoms with Gasteiger partial charge in [-0.3, -0.25) is 14.0 Å². The van der Waals surface area contributed by atoms with Gasteiger partial charge in [0.05, 0.1) is 38.2 Å². The lowest BCUT2D eigenvalue weighted by atomic mass is 10.2. The van der Waals surface area contributed by atoms with Gasteiger partial charge in [0.15, 0.2) is 11.3 Å². The Balaban J connectivity index is 1.69. The average Bonchev–Trinajstić information content (AvgIpc) is 2.93. The highest BCUT2D eigenvalue weighted by molar-refractivity contribution is 6.00. The maximum absolute atomic E-state index is 13.8. The summed E-state index contributed by atoms with van der Waals surface area (Å²) < 4.78 is 17.6. The van der Waals surface area contributed by atoms with Crippen LogP contribution >= 0.6 is 0 Å². The van der Waals surface area contributed by atoms with Crippen LogP contribution in [0.1, 0.15) is 16.1 Å². The molecule has 188 valence electrons. The van der Waals surface area contributed by atoms with E-state index in [0.29, 0.717) is 45.1 Å². The van der Waals surface area contributed by atoms with Crippen LogP contribution in [0, 0.1) is 0 Å². The van der Waals surface area contributed by atoms with Crippen molar-refractivity contribution in [1.29, 1.82) is 0 Å². The number of esters is 1. The second-order valence-electron chi connectivity index (χ2n) is 8.46. The average molecular weight is 494 g/mol. The fourth-order valence-electron chi connectivity index (χ4n) is 4.34. The zero-order chi connectivity index (χ0) is 25.1. The highest BCUT2D eigenvalue weighted by Crippen LogP contribution is 2.29. The van der Waals surface area contributed by atoms with Gasteiger partial charge in [-0.05, 0) is 11.6 Å². The van der Waals surface area contributed by atoms with Crippen molar-refractivity contribution in [1.82, 2.24) is 14.7 Å². The van der Waals surface area contributed by atoms with Gasteiger partial charge in [-0.15, -0.1) is 0 Å². The number of hydrogen-bond donors (Lipinski definition) is 1. The van der Waals surface area contributed by atoms with Crippen molar-refractivity contribution in [3.05, 3.63) is 64.2 Å². The number of ether oxygens (including phenoxy) is 3. The van der Waals surface area contributed by atoms with E-state index in [1.807, 2.05) is 36.4 Å². The Bertz CT molecular complexity index is 1340. The Kier molecular flexibility index (Phi) is 6.83. The predicted molar refractivity (Wildman–Crippen MR) is 132 cm³/mol. The van der Waals surface area contributed by atoms with Crippen LogP contribution in [0.5, 0.6) is 5.75 Å². The predicted octanol–water partition coefficient (Wildman–Crippen LogP) is 0.833. The highest BCUT2D eigenvalue weighted by atomic mass is 16.5. The third kappa shape index (κ3) is 4.62. The molecule has 2 aromatic heterocycles. The first-order valence-electron chi connectivity index (χ1n) is 11.8. The van der Waals surface area contributed by atoms with Crippen LogP contribution in [0.15, 0.2) is 47.4 Å². The number of nitrogens with one attached hydrogen (secondary N) is 1. The first kappa shape index (κ1) is 23.8. The minimum Gasteiger partial charge on any atom is -0.481 e. The summed E-state index contributed by atoms with van der Waals surface area (Å²) in [6.45, 7) is 3.61. The molecule has 2 saturated heterocycles. The van der Waals surface area contributed by atoms with E-state index < -0.39 is 11.5 Å². The summed E-state index contributed by atoms with van der Waals surface area (Å²) in [5.41, 5.74) is 1.40. The third-order valence-corrected chi connectivity index (χ3v) is 6.21. The summed E-state index contributed by atoms with van der Waals surface area (Å²) >= 11 is 0. The number of amides is 1. The van der Waals surface area contributed by atoms with Gasteiger partial charge >= 0.3 is 11.5 Å². The number of nitrogens with zero attached hydrogens (tertiary/aromatic N) is 4. The van der Waals surface area contributed by atoms with Crippen LogP contribution in [0.2, 0.25) is 0 Å². The summed E-state index contributed by atoms with van der Waals surface area (Å²) in [6.07, 6.45) is 1.67. The van der Waals surface area contributed by atoms with Gasteiger partial charge < -0.3 is 29.3 Å². The number of morpholine rings is 1. The van der Waals surface area contributed by atoms with Gasteiger partial charge in [-0.25, -0.2) is 9.78 Å². The molecular weight excluding hydrogens is 466 g/mol. The number of anilines is 2. The second-order valence-corrected chi connectivity index (χ2v) is 8.46. The SMILES string of the molecule is COC(=O)c1nc2c(N3CCNCC3=O)cc(N3CCOCC3)cn2c(=O)c1OCc1ccccc1. The van der Waals surface area contributed by atoms with Gasteiger partial charge in [0.2, 0.25) is 11.7 Å². The van der Waals surface area contributed by atoms with Crippen molar-refractivity contribution in [3.8, 4) is 5.75 Å². The topological polar surface area (TPSA) is 115 Å². The molecule has 0 radical (unpaired) electrons. The van der Waals surface area contributed by atoms with E-state index in [1.54, 1.807) is 11.1 Å². The van der Waals surface area contributed by atoms with Crippen LogP contribution in [-0.2, 0) is 20.9 Å². The molecular formula is C25H27N5O6. The molecule has 1 N–H and O–H groups in total. The quantitative estimate of drug-likeness (QED) is 0.499. The van der Waals surface area contributed by atoms with E-state index >= 15 is 0 Å². The largest absolute Gasteiger partial charge is 0.481 e. The molecule has 3 aromatic rings. The number of rotatable bonds is 6. The maximum atomic E-state index is 13.8. The zero-order valence-electron chi connectivity index (χ0n) is 19.9. The molecule has 0 bridgehead atoms. The van der Waals surface area contributed by atoms with Gasteiger partial charge in [-0.2, -0.15) is 0 Å². The van der Waals surface area contributed by atoms with E-state index in [0.717, 1.165) is 11.3 Å². The van der Waals surface area contributed by atoms with Crippen molar-refractivity contribution >= 4 is 28.9 Å². The Morgan fingerprint density at radius 1 is 1.14 bits per heavy atom. The normalized spacial score (nSPS) is 16.3. The lowest BCUT2D eigenvalue weighted by Crippen LogP contribution is -2.48. The number of aromatic nitrogens is 2. The van der Waals surface area contributed by atoms with Gasteiger partial charge in [-0.1, -0.05) is 30.3 Å². The van der Waals surface area contributed by atoms with E-state index in [9.17, 15) is 14.4 Å². The lowest BCUT2D eigenvalue weighted by Gasteiger charge is -2.32. The van der Waals surface area contributed by atoms with Crippen molar-refractivity contribution in [3.63, 3.8) is 0 Å². The van der Waals surface area contributed by atoms with Crippen molar-refractivity contribution in [2.75, 3.05) is 62.8 Å². The molecule has 0 aliphatic carbocycles. The fraction of sp³-hybridized carbons (Fsp3) is 0.360. The van der Waals surface area contributed by atoms with Gasteiger partial charge in [0.25, 0.3) is 0 Å². The standard InChI is InChI=1S/C25H27N5O6/c1-34-25(33)21-22(36-16-17-5-3-2-4-6-17)24(32)30-15-18(28-9-11-35-12-10-28)13-19(23(30)27-21)29-8-7-26-14-20(29)31/h2-6,13,15,26H,7-12,14,16H2,1H3. The first-order chi connectivity index (χ1) is 17.6. The Morgan fingerprint density at radius 2 is 1.92 bits per heavy atom. The molecule has 0 unspecified atom stereocenters. The maximum Gasteiger partial charge on any atom is 0.360 e. The molecule has 0 spiro atoms. The van der Waals surface area contributed by atoms with Gasteiger partial charge in [0.1, 0.15) is 6.61 Å². The van der Waals surface area contributed by atoms with Gasteiger partial charge in [0, 0.05) is 32.4 Å². The summed E-state index contributed by atoms with van der Waals surface area (Å²) in [7, 11) is 1.22. The molecule has 11 nitrogen and oxygen atoms in total. The molecule has 2 fully saturated rings. The molecule has 2 aliphatic rings. The van der Waals surface area contributed by atoms with Crippen LogP contribution in [0.3, 0.4) is 0 Å². The minimum atomic E-state index is -0.799. The second kappa shape index (κ2) is 10.3. The number of hydrogen-bond acceptors (Lipinski definition) is 9. The van der Waals surface area contributed by atoms with Crippen molar-refractivity contribution in [2.45, 2.75) is 6.61 Å². The van der Waals surface area contributed by atoms with E-state index in [1.165, 1.54) is 11.5 Å². The Hall–Kier alpha value is -3.96. The van der Waals surface area contributed by atoms with Crippen LogP contribution in [0.25, 0.3) is 5.65 Å². The number of fused-ring (bicyclic) bond motifs is 1. The number of pyridine rings is 1. The smallest absolute Gasteiger partial charge is 0.360 e. The Labute approximate surface area is 207 Å². The Morgan fingerprint density at radius 3 is 2.64 bits per heavy atom. The molecule has 36 heavy (non-hydrogen) atoms. The number of piperazine rings is 1. The number of carbonyl (C=O) groups excluding carboxylic acids is 2. The third-order valence-electron chi connectivity index (χ3n) is 6.21. The summed E-state index contributed by atoms with van der Waals surface area (Å²) in [6, 6.07) is 11.1. The van der Waals surface area contributed by atoms with Crippen molar-refractivity contribution in [2.24, 2.45) is 0 Å². The molecule has 4 heterocycles. The molecule has 2 aliphatic heterocycles. The monoisotopic (exact) mass is 493 g/mol. The van der Waals surface area contributed by atoms with Crippen LogP contribution < -0.4 is 25.4 Å². The van der Waals surface area contributed by atoms with Crippen LogP contribution in [0.4, 0.5) is 11.4 Å². The molecule has 1 aromatic carbocycles.